The van der Waals surface area contributed by atoms with Crippen LogP contribution in [0.2, 0.25) is 0 Å². The first-order chi connectivity index (χ1) is 11.5. The molecule has 1 saturated heterocycles. The minimum atomic E-state index is -0.0707. The Hall–Kier alpha value is -2.15. The van der Waals surface area contributed by atoms with Gasteiger partial charge in [0, 0.05) is 25.5 Å². The van der Waals surface area contributed by atoms with Crippen molar-refractivity contribution in [2.24, 2.45) is 0 Å². The third-order valence-electron chi connectivity index (χ3n) is 4.39. The van der Waals surface area contributed by atoms with Crippen LogP contribution in [0.3, 0.4) is 0 Å². The Morgan fingerprint density at radius 1 is 1.42 bits per heavy atom. The van der Waals surface area contributed by atoms with Crippen molar-refractivity contribution in [3.8, 4) is 0 Å². The van der Waals surface area contributed by atoms with Gasteiger partial charge in [0.05, 0.1) is 35.7 Å². The quantitative estimate of drug-likeness (QED) is 0.913. The van der Waals surface area contributed by atoms with Crippen molar-refractivity contribution in [3.63, 3.8) is 0 Å². The SMILES string of the molecule is Cc1c(NC(=O)Cc2ccn(C(C)C)n2)cnn1C1CCOCC1. The van der Waals surface area contributed by atoms with E-state index in [0.717, 1.165) is 43.1 Å². The molecule has 1 aliphatic rings. The molecule has 0 atom stereocenters. The van der Waals surface area contributed by atoms with Crippen LogP contribution in [0.1, 0.15) is 50.2 Å². The molecule has 3 rings (SSSR count). The van der Waals surface area contributed by atoms with Crippen LogP contribution in [0, 0.1) is 6.92 Å². The molecule has 130 valence electrons. The van der Waals surface area contributed by atoms with E-state index in [4.69, 9.17) is 4.74 Å². The fourth-order valence-electron chi connectivity index (χ4n) is 2.96. The van der Waals surface area contributed by atoms with Gasteiger partial charge in [0.15, 0.2) is 0 Å². The molecule has 24 heavy (non-hydrogen) atoms. The number of nitrogens with one attached hydrogen (secondary N) is 1. The highest BCUT2D eigenvalue weighted by Gasteiger charge is 2.20. The van der Waals surface area contributed by atoms with E-state index in [0.29, 0.717) is 12.1 Å². The summed E-state index contributed by atoms with van der Waals surface area (Å²) in [5, 5.41) is 11.8. The predicted molar refractivity (Wildman–Crippen MR) is 91.0 cm³/mol. The third kappa shape index (κ3) is 3.67. The second kappa shape index (κ2) is 7.17. The average Bonchev–Trinajstić information content (AvgIpc) is 3.16. The van der Waals surface area contributed by atoms with Gasteiger partial charge < -0.3 is 10.1 Å². The molecule has 2 aromatic rings. The molecule has 0 bridgehead atoms. The number of hydrogen-bond acceptors (Lipinski definition) is 4. The number of amides is 1. The van der Waals surface area contributed by atoms with Crippen molar-refractivity contribution in [2.75, 3.05) is 18.5 Å². The molecule has 7 heteroatoms. The molecule has 0 aliphatic carbocycles. The molecule has 1 fully saturated rings. The van der Waals surface area contributed by atoms with E-state index in [1.807, 2.05) is 28.6 Å². The molecule has 0 unspecified atom stereocenters. The van der Waals surface area contributed by atoms with Gasteiger partial charge in [-0.2, -0.15) is 10.2 Å². The lowest BCUT2D eigenvalue weighted by molar-refractivity contribution is -0.115. The smallest absolute Gasteiger partial charge is 0.230 e. The van der Waals surface area contributed by atoms with Crippen molar-refractivity contribution < 1.29 is 9.53 Å². The molecular formula is C17H25N5O2. The first kappa shape index (κ1) is 16.7. The van der Waals surface area contributed by atoms with E-state index >= 15 is 0 Å². The van der Waals surface area contributed by atoms with Gasteiger partial charge in [0.2, 0.25) is 5.91 Å². The molecule has 0 aromatic carbocycles. The molecule has 0 saturated carbocycles. The average molecular weight is 331 g/mol. The van der Waals surface area contributed by atoms with Gasteiger partial charge in [0.25, 0.3) is 0 Å². The second-order valence-corrected chi connectivity index (χ2v) is 6.54. The lowest BCUT2D eigenvalue weighted by Gasteiger charge is -2.23. The zero-order valence-electron chi connectivity index (χ0n) is 14.5. The van der Waals surface area contributed by atoms with Crippen molar-refractivity contribution >= 4 is 11.6 Å². The van der Waals surface area contributed by atoms with Gasteiger partial charge in [-0.25, -0.2) is 0 Å². The van der Waals surface area contributed by atoms with Crippen molar-refractivity contribution in [3.05, 3.63) is 29.8 Å². The maximum Gasteiger partial charge on any atom is 0.230 e. The molecule has 1 aliphatic heterocycles. The number of anilines is 1. The summed E-state index contributed by atoms with van der Waals surface area (Å²) in [4.78, 5) is 12.3. The minimum Gasteiger partial charge on any atom is -0.381 e. The topological polar surface area (TPSA) is 74.0 Å². The molecule has 7 nitrogen and oxygen atoms in total. The summed E-state index contributed by atoms with van der Waals surface area (Å²) in [5.74, 6) is -0.0707. The largest absolute Gasteiger partial charge is 0.381 e. The van der Waals surface area contributed by atoms with E-state index in [1.54, 1.807) is 6.20 Å². The number of aromatic nitrogens is 4. The van der Waals surface area contributed by atoms with Gasteiger partial charge in [-0.1, -0.05) is 0 Å². The van der Waals surface area contributed by atoms with Gasteiger partial charge in [-0.3, -0.25) is 14.2 Å². The first-order valence-electron chi connectivity index (χ1n) is 8.50. The van der Waals surface area contributed by atoms with E-state index in [1.165, 1.54) is 0 Å². The third-order valence-corrected chi connectivity index (χ3v) is 4.39. The monoisotopic (exact) mass is 331 g/mol. The Morgan fingerprint density at radius 3 is 2.83 bits per heavy atom. The second-order valence-electron chi connectivity index (χ2n) is 6.54. The van der Waals surface area contributed by atoms with Crippen molar-refractivity contribution in [2.45, 2.75) is 52.1 Å². The Kier molecular flexibility index (Phi) is 4.99. The van der Waals surface area contributed by atoms with E-state index in [-0.39, 0.29) is 12.3 Å². The molecule has 0 spiro atoms. The summed E-state index contributed by atoms with van der Waals surface area (Å²) >= 11 is 0. The molecule has 3 heterocycles. The summed E-state index contributed by atoms with van der Waals surface area (Å²) in [7, 11) is 0. The fourth-order valence-corrected chi connectivity index (χ4v) is 2.96. The van der Waals surface area contributed by atoms with Gasteiger partial charge in [-0.05, 0) is 39.7 Å². The summed E-state index contributed by atoms with van der Waals surface area (Å²) in [6.45, 7) is 7.65. The molecule has 2 aromatic heterocycles. The van der Waals surface area contributed by atoms with Crippen LogP contribution < -0.4 is 5.32 Å². The Balaban J connectivity index is 1.62. The lowest BCUT2D eigenvalue weighted by Crippen LogP contribution is -2.21. The molecule has 0 radical (unpaired) electrons. The molecular weight excluding hydrogens is 306 g/mol. The van der Waals surface area contributed by atoms with E-state index in [2.05, 4.69) is 29.4 Å². The first-order valence-corrected chi connectivity index (χ1v) is 8.50. The van der Waals surface area contributed by atoms with Crippen LogP contribution in [0.25, 0.3) is 0 Å². The highest BCUT2D eigenvalue weighted by atomic mass is 16.5. The van der Waals surface area contributed by atoms with Crippen LogP contribution >= 0.6 is 0 Å². The van der Waals surface area contributed by atoms with E-state index < -0.39 is 0 Å². The van der Waals surface area contributed by atoms with Crippen LogP contribution in [0.5, 0.6) is 0 Å². The number of carbonyl (C=O) groups is 1. The standard InChI is InChI=1S/C17H25N5O2/c1-12(2)21-7-4-14(20-21)10-17(23)19-16-11-18-22(13(16)3)15-5-8-24-9-6-15/h4,7,11-12,15H,5-6,8-10H2,1-3H3,(H,19,23). The summed E-state index contributed by atoms with van der Waals surface area (Å²) < 4.78 is 9.26. The fraction of sp³-hybridized carbons (Fsp3) is 0.588. The number of ether oxygens (including phenoxy) is 1. The van der Waals surface area contributed by atoms with Crippen LogP contribution in [0.15, 0.2) is 18.5 Å². The number of rotatable bonds is 5. The Labute approximate surface area is 142 Å². The zero-order chi connectivity index (χ0) is 17.1. The lowest BCUT2D eigenvalue weighted by atomic mass is 10.1. The zero-order valence-corrected chi connectivity index (χ0v) is 14.5. The Morgan fingerprint density at radius 2 is 2.17 bits per heavy atom. The van der Waals surface area contributed by atoms with Crippen molar-refractivity contribution in [1.82, 2.24) is 19.6 Å². The number of nitrogens with zero attached hydrogens (tertiary/aromatic N) is 4. The number of hydrogen-bond donors (Lipinski definition) is 1. The van der Waals surface area contributed by atoms with Crippen LogP contribution in [-0.4, -0.2) is 38.7 Å². The van der Waals surface area contributed by atoms with Gasteiger partial charge >= 0.3 is 0 Å². The maximum absolute atomic E-state index is 12.3. The van der Waals surface area contributed by atoms with Gasteiger partial charge in [0.1, 0.15) is 0 Å². The molecule has 1 N–H and O–H groups in total. The van der Waals surface area contributed by atoms with Crippen LogP contribution in [-0.2, 0) is 16.0 Å². The maximum atomic E-state index is 12.3. The molecule has 1 amide bonds. The van der Waals surface area contributed by atoms with Gasteiger partial charge in [-0.15, -0.1) is 0 Å². The Bertz CT molecular complexity index is 698. The summed E-state index contributed by atoms with van der Waals surface area (Å²) in [6, 6.07) is 2.53. The summed E-state index contributed by atoms with van der Waals surface area (Å²) in [6.07, 6.45) is 5.82. The minimum absolute atomic E-state index is 0.0707. The normalized spacial score (nSPS) is 15.8. The van der Waals surface area contributed by atoms with Crippen molar-refractivity contribution in [1.29, 1.82) is 0 Å². The number of carbonyl (C=O) groups excluding carboxylic acids is 1. The van der Waals surface area contributed by atoms with Crippen LogP contribution in [0.4, 0.5) is 5.69 Å². The van der Waals surface area contributed by atoms with E-state index in [9.17, 15) is 4.79 Å². The highest BCUT2D eigenvalue weighted by molar-refractivity contribution is 5.92. The predicted octanol–water partition coefficient (Wildman–Crippen LogP) is 2.50. The summed E-state index contributed by atoms with van der Waals surface area (Å²) in [5.41, 5.74) is 2.54. The highest BCUT2D eigenvalue weighted by Crippen LogP contribution is 2.25.